The Morgan fingerprint density at radius 3 is 2.27 bits per heavy atom. The molecular formula is C33H50O8. The van der Waals surface area contributed by atoms with E-state index in [0.29, 0.717) is 25.7 Å². The molecule has 0 aromatic carbocycles. The van der Waals surface area contributed by atoms with Gasteiger partial charge in [0.1, 0.15) is 24.8 Å². The SMILES string of the molecule is CC(=O)OC[C@](C)(O)[C@@H]1CC[C@H]2C(=O)C[C@]3(C)C(CC[C@H]4[C@@]3(C)[C@@H](O)CC3[C@]4(C)CCC(=O)[C@@]3(C)COC(C)=O)C12. The minimum absolute atomic E-state index is 0.0266. The summed E-state index contributed by atoms with van der Waals surface area (Å²) in [5.74, 6) is -0.784. The van der Waals surface area contributed by atoms with Crippen LogP contribution in [-0.4, -0.2) is 58.6 Å². The lowest BCUT2D eigenvalue weighted by atomic mass is 9.32. The van der Waals surface area contributed by atoms with Gasteiger partial charge in [0.25, 0.3) is 0 Å². The molecule has 0 aromatic heterocycles. The molecule has 5 aliphatic rings. The van der Waals surface area contributed by atoms with Gasteiger partial charge < -0.3 is 19.7 Å². The highest BCUT2D eigenvalue weighted by Crippen LogP contribution is 2.75. The predicted molar refractivity (Wildman–Crippen MR) is 150 cm³/mol. The molecule has 0 saturated heterocycles. The first-order chi connectivity index (χ1) is 18.9. The first-order valence-corrected chi connectivity index (χ1v) is 15.7. The Balaban J connectivity index is 1.53. The van der Waals surface area contributed by atoms with Crippen LogP contribution in [0.2, 0.25) is 0 Å². The van der Waals surface area contributed by atoms with Crippen LogP contribution in [-0.2, 0) is 28.7 Å². The maximum absolute atomic E-state index is 13.9. The van der Waals surface area contributed by atoms with Crippen LogP contribution in [0.15, 0.2) is 0 Å². The first-order valence-electron chi connectivity index (χ1n) is 15.7. The number of ketones is 2. The number of hydrogen-bond donors (Lipinski definition) is 2. The minimum Gasteiger partial charge on any atom is -0.465 e. The van der Waals surface area contributed by atoms with E-state index in [0.717, 1.165) is 25.7 Å². The molecule has 5 saturated carbocycles. The van der Waals surface area contributed by atoms with Crippen LogP contribution in [0, 0.1) is 57.2 Å². The molecule has 0 aliphatic heterocycles. The Bertz CT molecular complexity index is 1130. The molecule has 5 aliphatic carbocycles. The van der Waals surface area contributed by atoms with Crippen molar-refractivity contribution in [1.29, 1.82) is 0 Å². The van der Waals surface area contributed by atoms with E-state index < -0.39 is 39.9 Å². The molecular weight excluding hydrogens is 524 g/mol. The van der Waals surface area contributed by atoms with Gasteiger partial charge in [-0.2, -0.15) is 0 Å². The number of aliphatic hydroxyl groups is 2. The molecule has 0 radical (unpaired) electrons. The van der Waals surface area contributed by atoms with Crippen molar-refractivity contribution in [1.82, 2.24) is 0 Å². The number of rotatable bonds is 5. The summed E-state index contributed by atoms with van der Waals surface area (Å²) in [6.07, 6.45) is 4.43. The lowest BCUT2D eigenvalue weighted by Gasteiger charge is -2.72. The van der Waals surface area contributed by atoms with Crippen molar-refractivity contribution in [2.24, 2.45) is 57.2 Å². The number of esters is 2. The summed E-state index contributed by atoms with van der Waals surface area (Å²) in [7, 11) is 0. The van der Waals surface area contributed by atoms with Gasteiger partial charge in [0, 0.05) is 38.0 Å². The number of ether oxygens (including phenoxy) is 2. The average molecular weight is 575 g/mol. The van der Waals surface area contributed by atoms with E-state index >= 15 is 0 Å². The van der Waals surface area contributed by atoms with E-state index in [-0.39, 0.29) is 65.7 Å². The molecule has 0 amide bonds. The van der Waals surface area contributed by atoms with Gasteiger partial charge in [-0.05, 0) is 92.8 Å². The standard InChI is InChI=1S/C33H50O8/c1-18(34)40-16-30(4)25-14-27(38)33(7)24(29(25,3)13-12-26(30)37)11-10-21-28-20(23(36)15-31(21,33)5)8-9-22(28)32(6,39)17-41-19(2)35/h20-22,24-25,27-28,38-39H,8-17H2,1-7H3/t20-,21?,22+,24+,25?,27-,28?,29+,30-,31+,32-,33-/m0/s1. The molecule has 8 nitrogen and oxygen atoms in total. The highest BCUT2D eigenvalue weighted by molar-refractivity contribution is 5.86. The number of carbonyl (C=O) groups is 4. The fraction of sp³-hybridized carbons (Fsp3) is 0.879. The zero-order valence-corrected chi connectivity index (χ0v) is 26.0. The molecule has 230 valence electrons. The maximum atomic E-state index is 13.9. The Morgan fingerprint density at radius 2 is 1.63 bits per heavy atom. The maximum Gasteiger partial charge on any atom is 0.302 e. The van der Waals surface area contributed by atoms with E-state index in [1.54, 1.807) is 6.92 Å². The number of Topliss-reactive ketones (excluding diaryl/α,β-unsaturated/α-hetero) is 2. The molecule has 0 aromatic rings. The molecule has 2 N–H and O–H groups in total. The van der Waals surface area contributed by atoms with Crippen molar-refractivity contribution in [2.45, 2.75) is 112 Å². The fourth-order valence-electron chi connectivity index (χ4n) is 11.5. The van der Waals surface area contributed by atoms with Crippen molar-refractivity contribution in [3.8, 4) is 0 Å². The van der Waals surface area contributed by atoms with Gasteiger partial charge in [-0.1, -0.05) is 20.8 Å². The first kappa shape index (κ1) is 30.7. The van der Waals surface area contributed by atoms with E-state index in [1.807, 2.05) is 6.92 Å². The molecule has 12 atom stereocenters. The molecule has 8 heteroatoms. The predicted octanol–water partition coefficient (Wildman–Crippen LogP) is 4.27. The third-order valence-corrected chi connectivity index (χ3v) is 13.7. The molecule has 5 rings (SSSR count). The molecule has 41 heavy (non-hydrogen) atoms. The fourth-order valence-corrected chi connectivity index (χ4v) is 11.5. The van der Waals surface area contributed by atoms with Crippen LogP contribution in [0.4, 0.5) is 0 Å². The second-order valence-electron chi connectivity index (χ2n) is 15.5. The third kappa shape index (κ3) is 4.28. The zero-order chi connectivity index (χ0) is 30.3. The summed E-state index contributed by atoms with van der Waals surface area (Å²) < 4.78 is 10.7. The van der Waals surface area contributed by atoms with Crippen LogP contribution in [0.1, 0.15) is 99.8 Å². The van der Waals surface area contributed by atoms with Crippen molar-refractivity contribution < 1.29 is 38.9 Å². The normalized spacial score (nSPS) is 48.7. The summed E-state index contributed by atoms with van der Waals surface area (Å²) in [5.41, 5.74) is -3.43. The van der Waals surface area contributed by atoms with Gasteiger partial charge in [-0.15, -0.1) is 0 Å². The lowest BCUT2D eigenvalue weighted by Crippen LogP contribution is -2.71. The summed E-state index contributed by atoms with van der Waals surface area (Å²) >= 11 is 0. The van der Waals surface area contributed by atoms with Crippen molar-refractivity contribution in [2.75, 3.05) is 13.2 Å². The van der Waals surface area contributed by atoms with Gasteiger partial charge in [-0.3, -0.25) is 19.2 Å². The van der Waals surface area contributed by atoms with E-state index in [2.05, 4.69) is 20.8 Å². The van der Waals surface area contributed by atoms with Crippen LogP contribution in [0.3, 0.4) is 0 Å². The monoisotopic (exact) mass is 574 g/mol. The van der Waals surface area contributed by atoms with Crippen LogP contribution in [0.5, 0.6) is 0 Å². The average Bonchev–Trinajstić information content (AvgIpc) is 3.34. The zero-order valence-electron chi connectivity index (χ0n) is 26.0. The van der Waals surface area contributed by atoms with Crippen molar-refractivity contribution in [3.05, 3.63) is 0 Å². The number of fused-ring (bicyclic) bond motifs is 7. The Kier molecular flexibility index (Phi) is 7.38. The summed E-state index contributed by atoms with van der Waals surface area (Å²) in [4.78, 5) is 50.6. The van der Waals surface area contributed by atoms with Gasteiger partial charge >= 0.3 is 11.9 Å². The Hall–Kier alpha value is -1.80. The smallest absolute Gasteiger partial charge is 0.302 e. The van der Waals surface area contributed by atoms with Crippen LogP contribution >= 0.6 is 0 Å². The Morgan fingerprint density at radius 1 is 0.976 bits per heavy atom. The quantitative estimate of drug-likeness (QED) is 0.466. The Labute approximate surface area is 244 Å². The summed E-state index contributed by atoms with van der Waals surface area (Å²) in [5, 5.41) is 23.8. The van der Waals surface area contributed by atoms with E-state index in [9.17, 15) is 29.4 Å². The summed E-state index contributed by atoms with van der Waals surface area (Å²) in [6, 6.07) is 0. The third-order valence-electron chi connectivity index (χ3n) is 13.7. The van der Waals surface area contributed by atoms with Crippen molar-refractivity contribution in [3.63, 3.8) is 0 Å². The van der Waals surface area contributed by atoms with Gasteiger partial charge in [0.2, 0.25) is 0 Å². The largest absolute Gasteiger partial charge is 0.465 e. The second-order valence-corrected chi connectivity index (χ2v) is 15.5. The molecule has 5 fully saturated rings. The number of carbonyl (C=O) groups excluding carboxylic acids is 4. The second kappa shape index (κ2) is 9.87. The van der Waals surface area contributed by atoms with Gasteiger partial charge in [-0.25, -0.2) is 0 Å². The molecule has 0 spiro atoms. The highest BCUT2D eigenvalue weighted by Gasteiger charge is 2.73. The lowest BCUT2D eigenvalue weighted by molar-refractivity contribution is -0.268. The minimum atomic E-state index is -1.24. The van der Waals surface area contributed by atoms with Gasteiger partial charge in [0.05, 0.1) is 17.1 Å². The number of hydrogen-bond acceptors (Lipinski definition) is 8. The van der Waals surface area contributed by atoms with Gasteiger partial charge in [0.15, 0.2) is 0 Å². The summed E-state index contributed by atoms with van der Waals surface area (Å²) in [6.45, 7) is 12.9. The highest BCUT2D eigenvalue weighted by atomic mass is 16.5. The topological polar surface area (TPSA) is 127 Å². The van der Waals surface area contributed by atoms with Crippen molar-refractivity contribution >= 4 is 23.5 Å². The molecule has 3 unspecified atom stereocenters. The van der Waals surface area contributed by atoms with Crippen LogP contribution in [0.25, 0.3) is 0 Å². The molecule has 0 heterocycles. The molecule has 0 bridgehead atoms. The van der Waals surface area contributed by atoms with E-state index in [1.165, 1.54) is 13.8 Å². The van der Waals surface area contributed by atoms with E-state index in [4.69, 9.17) is 9.47 Å². The number of aliphatic hydroxyl groups excluding tert-OH is 1. The van der Waals surface area contributed by atoms with Crippen LogP contribution < -0.4 is 0 Å².